The summed E-state index contributed by atoms with van der Waals surface area (Å²) in [6.45, 7) is 3.72. The highest BCUT2D eigenvalue weighted by Crippen LogP contribution is 2.29. The summed E-state index contributed by atoms with van der Waals surface area (Å²) >= 11 is 0. The van der Waals surface area contributed by atoms with Gasteiger partial charge < -0.3 is 5.32 Å². The van der Waals surface area contributed by atoms with E-state index >= 15 is 0 Å². The second-order valence-corrected chi connectivity index (χ2v) is 7.32. The number of rotatable bonds is 5. The number of anilines is 2. The maximum atomic E-state index is 13.1. The van der Waals surface area contributed by atoms with E-state index < -0.39 is 0 Å². The van der Waals surface area contributed by atoms with Gasteiger partial charge in [-0.15, -0.1) is 5.10 Å². The van der Waals surface area contributed by atoms with Gasteiger partial charge in [0.05, 0.1) is 11.4 Å². The Bertz CT molecular complexity index is 1180. The average molecular weight is 410 g/mol. The predicted molar refractivity (Wildman–Crippen MR) is 124 cm³/mol. The van der Waals surface area contributed by atoms with Crippen molar-refractivity contribution in [3.05, 3.63) is 95.6 Å². The summed E-state index contributed by atoms with van der Waals surface area (Å²) in [5.41, 5.74) is 4.97. The van der Waals surface area contributed by atoms with Gasteiger partial charge in [-0.2, -0.15) is 5.10 Å². The number of para-hydroxylation sites is 1. The molecule has 0 saturated carbocycles. The van der Waals surface area contributed by atoms with Crippen molar-refractivity contribution in [1.82, 2.24) is 0 Å². The minimum absolute atomic E-state index is 0.107. The Balaban J connectivity index is 1.57. The number of amides is 2. The summed E-state index contributed by atoms with van der Waals surface area (Å²) in [5.74, 6) is -0.623. The Morgan fingerprint density at radius 2 is 1.61 bits per heavy atom. The van der Waals surface area contributed by atoms with Crippen molar-refractivity contribution in [2.75, 3.05) is 16.8 Å². The zero-order valence-corrected chi connectivity index (χ0v) is 17.4. The fraction of sp³-hybridized carbons (Fsp3) is 0.120. The van der Waals surface area contributed by atoms with Gasteiger partial charge in [-0.05, 0) is 37.6 Å². The van der Waals surface area contributed by atoms with E-state index in [2.05, 4.69) is 15.5 Å². The molecule has 0 fully saturated rings. The van der Waals surface area contributed by atoms with Crippen LogP contribution in [0, 0.1) is 6.92 Å². The maximum Gasteiger partial charge on any atom is 0.279 e. The topological polar surface area (TPSA) is 74.1 Å². The molecule has 0 aromatic heterocycles. The lowest BCUT2D eigenvalue weighted by molar-refractivity contribution is -0.118. The van der Waals surface area contributed by atoms with Gasteiger partial charge >= 0.3 is 0 Å². The molecule has 0 saturated heterocycles. The minimum Gasteiger partial charge on any atom is -0.325 e. The highest BCUT2D eigenvalue weighted by molar-refractivity contribution is 6.54. The monoisotopic (exact) mass is 410 g/mol. The van der Waals surface area contributed by atoms with E-state index in [-0.39, 0.29) is 24.1 Å². The summed E-state index contributed by atoms with van der Waals surface area (Å²) in [6, 6.07) is 24.5. The summed E-state index contributed by atoms with van der Waals surface area (Å²) in [7, 11) is 0. The molecule has 1 N–H and O–H groups in total. The number of nitrogens with zero attached hydrogens (tertiary/aromatic N) is 3. The zero-order valence-electron chi connectivity index (χ0n) is 17.4. The van der Waals surface area contributed by atoms with Crippen molar-refractivity contribution in [1.29, 1.82) is 0 Å². The summed E-state index contributed by atoms with van der Waals surface area (Å²) < 4.78 is 0. The molecule has 4 rings (SSSR count). The fourth-order valence-corrected chi connectivity index (χ4v) is 3.36. The second kappa shape index (κ2) is 8.75. The summed E-state index contributed by atoms with van der Waals surface area (Å²) in [6.07, 6.45) is 0. The molecule has 6 heteroatoms. The van der Waals surface area contributed by atoms with Crippen LogP contribution in [-0.2, 0) is 9.59 Å². The zero-order chi connectivity index (χ0) is 21.8. The van der Waals surface area contributed by atoms with Crippen LogP contribution in [0.25, 0.3) is 0 Å². The Kier molecular flexibility index (Phi) is 5.71. The highest BCUT2D eigenvalue weighted by atomic mass is 16.2. The van der Waals surface area contributed by atoms with Crippen LogP contribution in [0.1, 0.15) is 23.6 Å². The molecule has 3 aromatic carbocycles. The first-order valence-electron chi connectivity index (χ1n) is 9.98. The lowest BCUT2D eigenvalue weighted by atomic mass is 10.1. The van der Waals surface area contributed by atoms with Crippen LogP contribution in [0.2, 0.25) is 0 Å². The second-order valence-electron chi connectivity index (χ2n) is 7.32. The molecule has 1 aliphatic heterocycles. The Labute approximate surface area is 180 Å². The maximum absolute atomic E-state index is 13.1. The number of aryl methyl sites for hydroxylation is 1. The number of fused-ring (bicyclic) bond motifs is 1. The third-order valence-electron chi connectivity index (χ3n) is 5.03. The molecule has 3 aromatic rings. The first-order valence-corrected chi connectivity index (χ1v) is 9.98. The van der Waals surface area contributed by atoms with E-state index in [1.54, 1.807) is 0 Å². The van der Waals surface area contributed by atoms with Gasteiger partial charge in [-0.1, -0.05) is 66.2 Å². The first-order chi connectivity index (χ1) is 15.0. The molecule has 0 radical (unpaired) electrons. The molecular weight excluding hydrogens is 388 g/mol. The van der Waals surface area contributed by atoms with Crippen molar-refractivity contribution in [3.8, 4) is 0 Å². The Morgan fingerprint density at radius 3 is 2.35 bits per heavy atom. The smallest absolute Gasteiger partial charge is 0.279 e. The normalized spacial score (nSPS) is 14.6. The molecule has 31 heavy (non-hydrogen) atoms. The lowest BCUT2D eigenvalue weighted by Gasteiger charge is -2.16. The van der Waals surface area contributed by atoms with Gasteiger partial charge in [0.1, 0.15) is 6.54 Å². The first kappa shape index (κ1) is 20.2. The van der Waals surface area contributed by atoms with Crippen molar-refractivity contribution in [3.63, 3.8) is 0 Å². The standard InChI is InChI=1S/C25H22N4O2/c1-17-12-14-20(15-13-17)26-23(30)16-29-22-11-7-6-10-21(22)24(25(29)31)28-27-18(2)19-8-4-3-5-9-19/h3-15H,16H2,1-2H3,(H,26,30)/b27-18+,28-24-. The summed E-state index contributed by atoms with van der Waals surface area (Å²) in [5, 5.41) is 11.4. The number of hydrogen-bond donors (Lipinski definition) is 1. The molecule has 0 aliphatic carbocycles. The van der Waals surface area contributed by atoms with Gasteiger partial charge in [0.15, 0.2) is 5.71 Å². The van der Waals surface area contributed by atoms with Gasteiger partial charge in [0.25, 0.3) is 5.91 Å². The number of benzene rings is 3. The minimum atomic E-state index is -0.343. The van der Waals surface area contributed by atoms with E-state index in [1.807, 2.05) is 92.7 Å². The van der Waals surface area contributed by atoms with Crippen LogP contribution in [-0.4, -0.2) is 29.8 Å². The number of nitrogens with one attached hydrogen (secondary N) is 1. The number of carbonyl (C=O) groups excluding carboxylic acids is 2. The van der Waals surface area contributed by atoms with E-state index in [4.69, 9.17) is 0 Å². The van der Waals surface area contributed by atoms with Crippen LogP contribution in [0.5, 0.6) is 0 Å². The molecular formula is C25H22N4O2. The van der Waals surface area contributed by atoms with Gasteiger partial charge in [-0.25, -0.2) is 0 Å². The molecule has 1 aliphatic rings. The third-order valence-corrected chi connectivity index (χ3v) is 5.03. The van der Waals surface area contributed by atoms with Crippen LogP contribution in [0.4, 0.5) is 11.4 Å². The molecule has 154 valence electrons. The Morgan fingerprint density at radius 1 is 0.935 bits per heavy atom. The quantitative estimate of drug-likeness (QED) is 0.506. The molecule has 0 unspecified atom stereocenters. The third kappa shape index (κ3) is 4.43. The van der Waals surface area contributed by atoms with Crippen molar-refractivity contribution in [2.24, 2.45) is 10.2 Å². The SMILES string of the molecule is C/C(=N\N=C1/C(=O)N(CC(=O)Nc2ccc(C)cc2)c2ccccc21)c1ccccc1. The molecule has 0 bridgehead atoms. The largest absolute Gasteiger partial charge is 0.325 e. The van der Waals surface area contributed by atoms with Gasteiger partial charge in [0.2, 0.25) is 5.91 Å². The molecule has 1 heterocycles. The number of carbonyl (C=O) groups is 2. The molecule has 0 spiro atoms. The van der Waals surface area contributed by atoms with Crippen molar-refractivity contribution < 1.29 is 9.59 Å². The van der Waals surface area contributed by atoms with Crippen LogP contribution < -0.4 is 10.2 Å². The van der Waals surface area contributed by atoms with Gasteiger partial charge in [0, 0.05) is 11.3 Å². The lowest BCUT2D eigenvalue weighted by Crippen LogP contribution is -2.37. The Hall–Kier alpha value is -4.06. The van der Waals surface area contributed by atoms with E-state index in [0.29, 0.717) is 22.6 Å². The van der Waals surface area contributed by atoms with Crippen LogP contribution in [0.3, 0.4) is 0 Å². The van der Waals surface area contributed by atoms with Gasteiger partial charge in [-0.3, -0.25) is 14.5 Å². The molecule has 2 amide bonds. The molecule has 6 nitrogen and oxygen atoms in total. The van der Waals surface area contributed by atoms with Crippen LogP contribution >= 0.6 is 0 Å². The molecule has 0 atom stereocenters. The van der Waals surface area contributed by atoms with Crippen molar-refractivity contribution in [2.45, 2.75) is 13.8 Å². The summed E-state index contributed by atoms with van der Waals surface area (Å²) in [4.78, 5) is 27.1. The number of hydrogen-bond acceptors (Lipinski definition) is 4. The van der Waals surface area contributed by atoms with E-state index in [0.717, 1.165) is 11.1 Å². The highest BCUT2D eigenvalue weighted by Gasteiger charge is 2.35. The fourth-order valence-electron chi connectivity index (χ4n) is 3.36. The van der Waals surface area contributed by atoms with Crippen LogP contribution in [0.15, 0.2) is 89.1 Å². The van der Waals surface area contributed by atoms with Crippen molar-refractivity contribution >= 4 is 34.6 Å². The predicted octanol–water partition coefficient (Wildman–Crippen LogP) is 4.19. The van der Waals surface area contributed by atoms with E-state index in [1.165, 1.54) is 4.90 Å². The average Bonchev–Trinajstić information content (AvgIpc) is 3.05. The van der Waals surface area contributed by atoms with E-state index in [9.17, 15) is 9.59 Å².